The average Bonchev–Trinajstić information content (AvgIpc) is 2.50. The van der Waals surface area contributed by atoms with Crippen molar-refractivity contribution in [1.29, 1.82) is 0 Å². The second-order valence-electron chi connectivity index (χ2n) is 5.64. The molecule has 22 heavy (non-hydrogen) atoms. The Hall–Kier alpha value is -2.04. The summed E-state index contributed by atoms with van der Waals surface area (Å²) in [5.74, 6) is 0. The Morgan fingerprint density at radius 3 is 1.55 bits per heavy atom. The Morgan fingerprint density at radius 2 is 1.18 bits per heavy atom. The first kappa shape index (κ1) is 16.3. The molecule has 118 valence electrons. The fraction of sp³-hybridized carbons (Fsp3) is 0.333. The molecule has 2 aromatic rings. The third kappa shape index (κ3) is 5.06. The van der Waals surface area contributed by atoms with Crippen LogP contribution in [0.2, 0.25) is 0 Å². The lowest BCUT2D eigenvalue weighted by molar-refractivity contribution is 0.0363. The standard InChI is InChI=1S/C18H24N2O2/c1-13-5-3-7-15(9-13)19-11-17(21)18(22)12-20-16-8-4-6-14(2)10-16/h3-10,17-22H,11-12H2,1-2H3/t17-,18-/m1/s1. The van der Waals surface area contributed by atoms with E-state index in [2.05, 4.69) is 10.6 Å². The van der Waals surface area contributed by atoms with E-state index in [1.807, 2.05) is 62.4 Å². The number of hydrogen-bond donors (Lipinski definition) is 4. The van der Waals surface area contributed by atoms with Gasteiger partial charge in [0.05, 0.1) is 12.2 Å². The zero-order valence-corrected chi connectivity index (χ0v) is 13.1. The van der Waals surface area contributed by atoms with Gasteiger partial charge in [-0.3, -0.25) is 0 Å². The first-order chi connectivity index (χ1) is 10.5. The summed E-state index contributed by atoms with van der Waals surface area (Å²) in [7, 11) is 0. The molecule has 0 heterocycles. The van der Waals surface area contributed by atoms with Gasteiger partial charge in [-0.25, -0.2) is 0 Å². The zero-order chi connectivity index (χ0) is 15.9. The fourth-order valence-corrected chi connectivity index (χ4v) is 2.23. The molecular formula is C18H24N2O2. The van der Waals surface area contributed by atoms with Crippen LogP contribution >= 0.6 is 0 Å². The molecule has 0 amide bonds. The summed E-state index contributed by atoms with van der Waals surface area (Å²) in [6.07, 6.45) is -1.67. The number of aliphatic hydroxyl groups is 2. The predicted molar refractivity (Wildman–Crippen MR) is 91.4 cm³/mol. The SMILES string of the molecule is Cc1cccc(NC[C@@H](O)[C@H](O)CNc2cccc(C)c2)c1. The van der Waals surface area contributed by atoms with Crippen molar-refractivity contribution in [2.75, 3.05) is 23.7 Å². The lowest BCUT2D eigenvalue weighted by Gasteiger charge is -2.20. The summed E-state index contributed by atoms with van der Waals surface area (Å²) in [6, 6.07) is 15.8. The maximum atomic E-state index is 10.0. The Bertz CT molecular complexity index is 548. The Balaban J connectivity index is 1.78. The molecule has 0 fully saturated rings. The molecule has 0 saturated heterocycles. The van der Waals surface area contributed by atoms with Crippen molar-refractivity contribution in [3.63, 3.8) is 0 Å². The first-order valence-electron chi connectivity index (χ1n) is 7.52. The summed E-state index contributed by atoms with van der Waals surface area (Å²) in [4.78, 5) is 0. The molecule has 2 aromatic carbocycles. The molecule has 0 aromatic heterocycles. The van der Waals surface area contributed by atoms with Crippen molar-refractivity contribution < 1.29 is 10.2 Å². The third-order valence-corrected chi connectivity index (χ3v) is 3.51. The Labute approximate surface area is 131 Å². The second kappa shape index (κ2) is 7.82. The summed E-state index contributed by atoms with van der Waals surface area (Å²) in [5, 5.41) is 26.3. The maximum Gasteiger partial charge on any atom is 0.0988 e. The molecule has 0 radical (unpaired) electrons. The molecule has 4 nitrogen and oxygen atoms in total. The van der Waals surface area contributed by atoms with Gasteiger partial charge >= 0.3 is 0 Å². The molecule has 0 bridgehead atoms. The highest BCUT2D eigenvalue weighted by Crippen LogP contribution is 2.11. The average molecular weight is 300 g/mol. The lowest BCUT2D eigenvalue weighted by atomic mass is 10.1. The summed E-state index contributed by atoms with van der Waals surface area (Å²) in [6.45, 7) is 4.64. The van der Waals surface area contributed by atoms with E-state index in [0.29, 0.717) is 13.1 Å². The third-order valence-electron chi connectivity index (χ3n) is 3.51. The first-order valence-corrected chi connectivity index (χ1v) is 7.52. The molecule has 0 aliphatic heterocycles. The quantitative estimate of drug-likeness (QED) is 0.634. The minimum atomic E-state index is -0.835. The van der Waals surface area contributed by atoms with Crippen molar-refractivity contribution in [2.24, 2.45) is 0 Å². The van der Waals surface area contributed by atoms with Crippen LogP contribution in [0.3, 0.4) is 0 Å². The maximum absolute atomic E-state index is 10.0. The van der Waals surface area contributed by atoms with Crippen LogP contribution in [0.5, 0.6) is 0 Å². The molecule has 0 aliphatic rings. The minimum Gasteiger partial charge on any atom is -0.389 e. The number of anilines is 2. The molecular weight excluding hydrogens is 276 g/mol. The molecule has 4 N–H and O–H groups in total. The van der Waals surface area contributed by atoms with E-state index in [1.165, 1.54) is 0 Å². The second-order valence-corrected chi connectivity index (χ2v) is 5.64. The van der Waals surface area contributed by atoms with E-state index in [0.717, 1.165) is 22.5 Å². The van der Waals surface area contributed by atoms with Gasteiger partial charge < -0.3 is 20.8 Å². The van der Waals surface area contributed by atoms with E-state index < -0.39 is 12.2 Å². The number of rotatable bonds is 7. The predicted octanol–water partition coefficient (Wildman–Crippen LogP) is 2.55. The molecule has 2 atom stereocenters. The molecule has 0 saturated carbocycles. The van der Waals surface area contributed by atoms with Gasteiger partial charge in [-0.2, -0.15) is 0 Å². The highest BCUT2D eigenvalue weighted by molar-refractivity contribution is 5.46. The Kier molecular flexibility index (Phi) is 5.81. The molecule has 0 unspecified atom stereocenters. The van der Waals surface area contributed by atoms with Crippen LogP contribution in [-0.2, 0) is 0 Å². The van der Waals surface area contributed by atoms with E-state index in [1.54, 1.807) is 0 Å². The molecule has 2 rings (SSSR count). The Morgan fingerprint density at radius 1 is 0.773 bits per heavy atom. The number of aliphatic hydroxyl groups excluding tert-OH is 2. The lowest BCUT2D eigenvalue weighted by Crippen LogP contribution is -2.37. The number of hydrogen-bond acceptors (Lipinski definition) is 4. The van der Waals surface area contributed by atoms with Gasteiger partial charge in [-0.15, -0.1) is 0 Å². The van der Waals surface area contributed by atoms with Crippen LogP contribution < -0.4 is 10.6 Å². The van der Waals surface area contributed by atoms with Gasteiger partial charge in [0, 0.05) is 24.5 Å². The highest BCUT2D eigenvalue weighted by atomic mass is 16.3. The van der Waals surface area contributed by atoms with Crippen LogP contribution in [0.4, 0.5) is 11.4 Å². The minimum absolute atomic E-state index is 0.306. The highest BCUT2D eigenvalue weighted by Gasteiger charge is 2.15. The molecule has 0 spiro atoms. The van der Waals surface area contributed by atoms with Gasteiger partial charge in [0.2, 0.25) is 0 Å². The van der Waals surface area contributed by atoms with Gasteiger partial charge in [0.1, 0.15) is 0 Å². The van der Waals surface area contributed by atoms with Crippen molar-refractivity contribution in [3.8, 4) is 0 Å². The zero-order valence-electron chi connectivity index (χ0n) is 13.1. The van der Waals surface area contributed by atoms with Crippen LogP contribution in [0, 0.1) is 13.8 Å². The van der Waals surface area contributed by atoms with Crippen molar-refractivity contribution in [3.05, 3.63) is 59.7 Å². The van der Waals surface area contributed by atoms with Gasteiger partial charge in [0.15, 0.2) is 0 Å². The van der Waals surface area contributed by atoms with Gasteiger partial charge in [-0.05, 0) is 49.2 Å². The van der Waals surface area contributed by atoms with Crippen LogP contribution in [0.15, 0.2) is 48.5 Å². The smallest absolute Gasteiger partial charge is 0.0988 e. The fourth-order valence-electron chi connectivity index (χ4n) is 2.23. The topological polar surface area (TPSA) is 64.5 Å². The van der Waals surface area contributed by atoms with Gasteiger partial charge in [-0.1, -0.05) is 24.3 Å². The summed E-state index contributed by atoms with van der Waals surface area (Å²) < 4.78 is 0. The summed E-state index contributed by atoms with van der Waals surface area (Å²) >= 11 is 0. The molecule has 4 heteroatoms. The summed E-state index contributed by atoms with van der Waals surface area (Å²) in [5.41, 5.74) is 4.19. The van der Waals surface area contributed by atoms with E-state index in [-0.39, 0.29) is 0 Å². The van der Waals surface area contributed by atoms with E-state index in [4.69, 9.17) is 0 Å². The van der Waals surface area contributed by atoms with Gasteiger partial charge in [0.25, 0.3) is 0 Å². The van der Waals surface area contributed by atoms with E-state index >= 15 is 0 Å². The van der Waals surface area contributed by atoms with Crippen LogP contribution in [0.25, 0.3) is 0 Å². The van der Waals surface area contributed by atoms with Crippen LogP contribution in [0.1, 0.15) is 11.1 Å². The number of nitrogens with one attached hydrogen (secondary N) is 2. The normalized spacial score (nSPS) is 13.5. The van der Waals surface area contributed by atoms with Crippen LogP contribution in [-0.4, -0.2) is 35.5 Å². The number of aryl methyl sites for hydroxylation is 2. The van der Waals surface area contributed by atoms with E-state index in [9.17, 15) is 10.2 Å². The van der Waals surface area contributed by atoms with Crippen molar-refractivity contribution in [2.45, 2.75) is 26.1 Å². The molecule has 0 aliphatic carbocycles. The largest absolute Gasteiger partial charge is 0.389 e. The number of benzene rings is 2. The van der Waals surface area contributed by atoms with Crippen molar-refractivity contribution >= 4 is 11.4 Å². The van der Waals surface area contributed by atoms with Crippen molar-refractivity contribution in [1.82, 2.24) is 0 Å². The monoisotopic (exact) mass is 300 g/mol.